The summed E-state index contributed by atoms with van der Waals surface area (Å²) in [6.45, 7) is 1.76. The first-order chi connectivity index (χ1) is 9.06. The van der Waals surface area contributed by atoms with Crippen molar-refractivity contribution in [3.63, 3.8) is 0 Å². The van der Waals surface area contributed by atoms with Crippen molar-refractivity contribution in [2.24, 2.45) is 0 Å². The van der Waals surface area contributed by atoms with Crippen LogP contribution in [0.4, 0.5) is 14.6 Å². The molecular weight excluding hydrogens is 252 g/mol. The van der Waals surface area contributed by atoms with Crippen molar-refractivity contribution in [1.29, 1.82) is 0 Å². The molecule has 1 aliphatic rings. The number of alkyl halides is 2. The number of rotatable bonds is 3. The van der Waals surface area contributed by atoms with E-state index in [2.05, 4.69) is 15.1 Å². The lowest BCUT2D eigenvalue weighted by Crippen LogP contribution is -2.03. The molecule has 0 aromatic carbocycles. The molecular formula is C12H13F2N5. The summed E-state index contributed by atoms with van der Waals surface area (Å²) in [5.41, 5.74) is 6.84. The van der Waals surface area contributed by atoms with Crippen LogP contribution in [0.15, 0.2) is 12.1 Å². The first-order valence-corrected chi connectivity index (χ1v) is 6.04. The topological polar surface area (TPSA) is 69.6 Å². The Morgan fingerprint density at radius 1 is 1.32 bits per heavy atom. The second kappa shape index (κ2) is 4.25. The number of nitrogen functional groups attached to an aromatic ring is 1. The van der Waals surface area contributed by atoms with Gasteiger partial charge in [0, 0.05) is 5.56 Å². The molecule has 1 fully saturated rings. The van der Waals surface area contributed by atoms with Crippen LogP contribution in [-0.4, -0.2) is 19.7 Å². The fraction of sp³-hybridized carbons (Fsp3) is 0.417. The number of aryl methyl sites for hydroxylation is 1. The fourth-order valence-electron chi connectivity index (χ4n) is 2.00. The molecule has 100 valence electrons. The number of hydrogen-bond acceptors (Lipinski definition) is 4. The summed E-state index contributed by atoms with van der Waals surface area (Å²) in [6, 6.07) is 3.38. The van der Waals surface area contributed by atoms with Gasteiger partial charge < -0.3 is 5.73 Å². The molecule has 2 N–H and O–H groups in total. The highest BCUT2D eigenvalue weighted by molar-refractivity contribution is 5.59. The summed E-state index contributed by atoms with van der Waals surface area (Å²) >= 11 is 0. The van der Waals surface area contributed by atoms with Gasteiger partial charge in [0.2, 0.25) is 0 Å². The molecule has 0 radical (unpaired) electrons. The Bertz CT molecular complexity index is 599. The van der Waals surface area contributed by atoms with Gasteiger partial charge in [0.05, 0.1) is 11.7 Å². The molecule has 3 rings (SSSR count). The van der Waals surface area contributed by atoms with E-state index in [0.29, 0.717) is 17.1 Å². The van der Waals surface area contributed by atoms with Gasteiger partial charge in [-0.05, 0) is 31.9 Å². The van der Waals surface area contributed by atoms with Crippen LogP contribution in [0.1, 0.15) is 36.8 Å². The number of pyridine rings is 1. The molecule has 0 bridgehead atoms. The molecule has 0 atom stereocenters. The normalized spacial score (nSPS) is 15.2. The smallest absolute Gasteiger partial charge is 0.297 e. The van der Waals surface area contributed by atoms with Crippen molar-refractivity contribution in [1.82, 2.24) is 19.7 Å². The first-order valence-electron chi connectivity index (χ1n) is 6.04. The quantitative estimate of drug-likeness (QED) is 0.925. The van der Waals surface area contributed by atoms with Gasteiger partial charge >= 0.3 is 0 Å². The van der Waals surface area contributed by atoms with Crippen LogP contribution in [-0.2, 0) is 0 Å². The van der Waals surface area contributed by atoms with Gasteiger partial charge in [-0.3, -0.25) is 0 Å². The van der Waals surface area contributed by atoms with E-state index in [9.17, 15) is 8.78 Å². The first kappa shape index (κ1) is 12.0. The lowest BCUT2D eigenvalue weighted by atomic mass is 10.2. The van der Waals surface area contributed by atoms with E-state index in [4.69, 9.17) is 5.73 Å². The molecule has 2 heterocycles. The number of halogens is 2. The standard InChI is InChI=1S/C12H13F2N5/c1-6-8(4-5-9(15)16-6)11-17-12(10(13)14)19(18-11)7-2-3-7/h4-5,7,10H,2-3H2,1H3,(H2,15,16). The summed E-state index contributed by atoms with van der Waals surface area (Å²) < 4.78 is 27.2. The average molecular weight is 265 g/mol. The van der Waals surface area contributed by atoms with Gasteiger partial charge in [0.1, 0.15) is 5.82 Å². The maximum atomic E-state index is 13.0. The predicted molar refractivity (Wildman–Crippen MR) is 65.6 cm³/mol. The summed E-state index contributed by atoms with van der Waals surface area (Å²) in [4.78, 5) is 8.05. The molecule has 0 unspecified atom stereocenters. The lowest BCUT2D eigenvalue weighted by molar-refractivity contribution is 0.133. The molecule has 1 saturated carbocycles. The SMILES string of the molecule is Cc1nc(N)ccc1-c1nc(C(F)F)n(C2CC2)n1. The minimum atomic E-state index is -2.62. The third-order valence-electron chi connectivity index (χ3n) is 3.09. The summed E-state index contributed by atoms with van der Waals surface area (Å²) in [7, 11) is 0. The molecule has 2 aromatic rings. The van der Waals surface area contributed by atoms with Gasteiger partial charge in [-0.15, -0.1) is 0 Å². The highest BCUT2D eigenvalue weighted by atomic mass is 19.3. The molecule has 2 aromatic heterocycles. The van der Waals surface area contributed by atoms with Crippen molar-refractivity contribution in [3.8, 4) is 11.4 Å². The second-order valence-electron chi connectivity index (χ2n) is 4.64. The number of hydrogen-bond donors (Lipinski definition) is 1. The molecule has 0 aliphatic heterocycles. The Labute approximate surface area is 108 Å². The zero-order chi connectivity index (χ0) is 13.6. The number of aromatic nitrogens is 4. The van der Waals surface area contributed by atoms with E-state index in [1.807, 2.05) is 0 Å². The lowest BCUT2D eigenvalue weighted by Gasteiger charge is -2.01. The van der Waals surface area contributed by atoms with Gasteiger partial charge in [-0.1, -0.05) is 0 Å². The molecule has 1 aliphatic carbocycles. The molecule has 0 spiro atoms. The van der Waals surface area contributed by atoms with Crippen LogP contribution in [0.2, 0.25) is 0 Å². The molecule has 7 heteroatoms. The zero-order valence-corrected chi connectivity index (χ0v) is 10.3. The summed E-state index contributed by atoms with van der Waals surface area (Å²) in [5.74, 6) is 0.401. The van der Waals surface area contributed by atoms with E-state index < -0.39 is 6.43 Å². The number of nitrogens with two attached hydrogens (primary N) is 1. The van der Waals surface area contributed by atoms with Crippen LogP contribution >= 0.6 is 0 Å². The maximum Gasteiger partial charge on any atom is 0.297 e. The maximum absolute atomic E-state index is 13.0. The third kappa shape index (κ3) is 2.16. The molecule has 0 saturated heterocycles. The van der Waals surface area contributed by atoms with E-state index in [1.165, 1.54) is 4.68 Å². The Morgan fingerprint density at radius 3 is 2.63 bits per heavy atom. The fourth-order valence-corrected chi connectivity index (χ4v) is 2.00. The Balaban J connectivity index is 2.07. The monoisotopic (exact) mass is 265 g/mol. The Kier molecular flexibility index (Phi) is 2.69. The van der Waals surface area contributed by atoms with Crippen LogP contribution in [0, 0.1) is 6.92 Å². The number of nitrogens with zero attached hydrogens (tertiary/aromatic N) is 4. The second-order valence-corrected chi connectivity index (χ2v) is 4.64. The van der Waals surface area contributed by atoms with Crippen molar-refractivity contribution < 1.29 is 8.78 Å². The Hall–Kier alpha value is -2.05. The highest BCUT2D eigenvalue weighted by Gasteiger charge is 2.31. The van der Waals surface area contributed by atoms with Gasteiger partial charge in [-0.2, -0.15) is 5.10 Å². The van der Waals surface area contributed by atoms with E-state index >= 15 is 0 Å². The summed E-state index contributed by atoms with van der Waals surface area (Å²) in [6.07, 6.45) is -0.868. The van der Waals surface area contributed by atoms with Crippen molar-refractivity contribution in [3.05, 3.63) is 23.7 Å². The number of anilines is 1. The van der Waals surface area contributed by atoms with Gasteiger partial charge in [-0.25, -0.2) is 23.4 Å². The van der Waals surface area contributed by atoms with Crippen LogP contribution in [0.5, 0.6) is 0 Å². The largest absolute Gasteiger partial charge is 0.384 e. The molecule has 19 heavy (non-hydrogen) atoms. The minimum absolute atomic E-state index is 0.0623. The zero-order valence-electron chi connectivity index (χ0n) is 10.3. The van der Waals surface area contributed by atoms with Crippen LogP contribution in [0.25, 0.3) is 11.4 Å². The van der Waals surface area contributed by atoms with Gasteiger partial charge in [0.25, 0.3) is 6.43 Å². The average Bonchev–Trinajstić information content (AvgIpc) is 3.09. The minimum Gasteiger partial charge on any atom is -0.384 e. The highest BCUT2D eigenvalue weighted by Crippen LogP contribution is 2.38. The third-order valence-corrected chi connectivity index (χ3v) is 3.09. The van der Waals surface area contributed by atoms with Gasteiger partial charge in [0.15, 0.2) is 11.6 Å². The predicted octanol–water partition coefficient (Wildman–Crippen LogP) is 2.50. The van der Waals surface area contributed by atoms with Crippen molar-refractivity contribution in [2.75, 3.05) is 5.73 Å². The van der Waals surface area contributed by atoms with E-state index in [1.54, 1.807) is 19.1 Å². The summed E-state index contributed by atoms with van der Waals surface area (Å²) in [5, 5.41) is 4.20. The van der Waals surface area contributed by atoms with Crippen molar-refractivity contribution in [2.45, 2.75) is 32.2 Å². The van der Waals surface area contributed by atoms with Crippen LogP contribution < -0.4 is 5.73 Å². The molecule has 0 amide bonds. The van der Waals surface area contributed by atoms with Crippen molar-refractivity contribution >= 4 is 5.82 Å². The van der Waals surface area contributed by atoms with Crippen LogP contribution in [0.3, 0.4) is 0 Å². The van der Waals surface area contributed by atoms with E-state index in [-0.39, 0.29) is 17.7 Å². The Morgan fingerprint density at radius 2 is 2.05 bits per heavy atom. The van der Waals surface area contributed by atoms with E-state index in [0.717, 1.165) is 12.8 Å². The molecule has 5 nitrogen and oxygen atoms in total.